The molecule has 0 amide bonds. The molecule has 0 atom stereocenters. The average molecular weight is 274 g/mol. The molecule has 0 spiro atoms. The van der Waals surface area contributed by atoms with Gasteiger partial charge in [-0.1, -0.05) is 0 Å². The summed E-state index contributed by atoms with van der Waals surface area (Å²) in [6, 6.07) is 0. The van der Waals surface area contributed by atoms with E-state index in [1.54, 1.807) is 11.3 Å². The van der Waals surface area contributed by atoms with Crippen LogP contribution in [-0.2, 0) is 6.42 Å². The van der Waals surface area contributed by atoms with Crippen molar-refractivity contribution in [1.29, 1.82) is 0 Å². The van der Waals surface area contributed by atoms with Gasteiger partial charge in [0.2, 0.25) is 0 Å². The molecule has 0 unspecified atom stereocenters. The highest BCUT2D eigenvalue weighted by atomic mass is 32.1. The standard InChI is InChI=1S/C14H18N4S/c1-3-15-13-9(2)11(8-12-16-6-7-19-12)17-14(18-13)10-4-5-10/h6-7,10H,3-5,8H2,1-2H3,(H,15,17,18). The number of hydrogen-bond acceptors (Lipinski definition) is 5. The fourth-order valence-electron chi connectivity index (χ4n) is 2.10. The summed E-state index contributed by atoms with van der Waals surface area (Å²) in [6.45, 7) is 5.08. The second kappa shape index (κ2) is 5.25. The fraction of sp³-hybridized carbons (Fsp3) is 0.500. The predicted octanol–water partition coefficient (Wildman–Crippen LogP) is 3.14. The van der Waals surface area contributed by atoms with Gasteiger partial charge in [-0.2, -0.15) is 0 Å². The highest BCUT2D eigenvalue weighted by Crippen LogP contribution is 2.39. The number of aromatic nitrogens is 3. The summed E-state index contributed by atoms with van der Waals surface area (Å²) in [7, 11) is 0. The molecular formula is C14H18N4S. The van der Waals surface area contributed by atoms with Crippen molar-refractivity contribution in [3.8, 4) is 0 Å². The molecule has 0 radical (unpaired) electrons. The van der Waals surface area contributed by atoms with Crippen LogP contribution in [0.3, 0.4) is 0 Å². The van der Waals surface area contributed by atoms with Gasteiger partial charge in [-0.25, -0.2) is 15.0 Å². The van der Waals surface area contributed by atoms with Crippen molar-refractivity contribution in [2.45, 2.75) is 39.0 Å². The monoisotopic (exact) mass is 274 g/mol. The maximum atomic E-state index is 4.77. The van der Waals surface area contributed by atoms with Crippen LogP contribution in [0, 0.1) is 6.92 Å². The first kappa shape index (κ1) is 12.5. The summed E-state index contributed by atoms with van der Waals surface area (Å²) < 4.78 is 0. The van der Waals surface area contributed by atoms with E-state index >= 15 is 0 Å². The SMILES string of the molecule is CCNc1nc(C2CC2)nc(Cc2nccs2)c1C. The van der Waals surface area contributed by atoms with Gasteiger partial charge in [0.25, 0.3) is 0 Å². The molecule has 0 aliphatic heterocycles. The number of hydrogen-bond donors (Lipinski definition) is 1. The van der Waals surface area contributed by atoms with Gasteiger partial charge in [0.05, 0.1) is 10.7 Å². The highest BCUT2D eigenvalue weighted by molar-refractivity contribution is 7.09. The van der Waals surface area contributed by atoms with E-state index < -0.39 is 0 Å². The summed E-state index contributed by atoms with van der Waals surface area (Å²) in [6.07, 6.45) is 5.12. The lowest BCUT2D eigenvalue weighted by molar-refractivity contribution is 0.870. The first-order chi connectivity index (χ1) is 9.28. The Bertz CT molecular complexity index is 561. The van der Waals surface area contributed by atoms with Crippen molar-refractivity contribution >= 4 is 17.2 Å². The van der Waals surface area contributed by atoms with Gasteiger partial charge in [-0.15, -0.1) is 11.3 Å². The lowest BCUT2D eigenvalue weighted by atomic mass is 10.1. The Labute approximate surface area is 117 Å². The quantitative estimate of drug-likeness (QED) is 0.910. The molecule has 1 aliphatic carbocycles. The Morgan fingerprint density at radius 3 is 2.84 bits per heavy atom. The van der Waals surface area contributed by atoms with Crippen LogP contribution in [0.1, 0.15) is 47.8 Å². The molecule has 4 nitrogen and oxygen atoms in total. The number of rotatable bonds is 5. The average Bonchev–Trinajstić information content (AvgIpc) is 3.13. The van der Waals surface area contributed by atoms with E-state index in [-0.39, 0.29) is 0 Å². The van der Waals surface area contributed by atoms with Gasteiger partial charge in [-0.05, 0) is 26.7 Å². The van der Waals surface area contributed by atoms with Crippen LogP contribution in [-0.4, -0.2) is 21.5 Å². The summed E-state index contributed by atoms with van der Waals surface area (Å²) >= 11 is 1.68. The van der Waals surface area contributed by atoms with Crippen LogP contribution in [0.4, 0.5) is 5.82 Å². The molecule has 5 heteroatoms. The van der Waals surface area contributed by atoms with E-state index in [2.05, 4.69) is 29.1 Å². The first-order valence-corrected chi connectivity index (χ1v) is 7.65. The second-order valence-corrected chi connectivity index (χ2v) is 5.89. The van der Waals surface area contributed by atoms with E-state index in [0.717, 1.165) is 40.9 Å². The predicted molar refractivity (Wildman–Crippen MR) is 77.8 cm³/mol. The van der Waals surface area contributed by atoms with Crippen LogP contribution < -0.4 is 5.32 Å². The van der Waals surface area contributed by atoms with Crippen molar-refractivity contribution < 1.29 is 0 Å². The minimum absolute atomic E-state index is 0.577. The van der Waals surface area contributed by atoms with Crippen molar-refractivity contribution in [3.05, 3.63) is 33.7 Å². The molecule has 1 saturated carbocycles. The van der Waals surface area contributed by atoms with Crippen LogP contribution in [0.15, 0.2) is 11.6 Å². The van der Waals surface area contributed by atoms with E-state index in [1.807, 2.05) is 11.6 Å². The lowest BCUT2D eigenvalue weighted by Gasteiger charge is -2.12. The van der Waals surface area contributed by atoms with Gasteiger partial charge in [0, 0.05) is 36.0 Å². The van der Waals surface area contributed by atoms with Crippen LogP contribution >= 0.6 is 11.3 Å². The molecule has 2 aromatic rings. The maximum absolute atomic E-state index is 4.77. The smallest absolute Gasteiger partial charge is 0.134 e. The summed E-state index contributed by atoms with van der Waals surface area (Å²) in [5, 5.41) is 6.48. The Kier molecular flexibility index (Phi) is 3.46. The summed E-state index contributed by atoms with van der Waals surface area (Å²) in [4.78, 5) is 13.8. The molecule has 0 aromatic carbocycles. The second-order valence-electron chi connectivity index (χ2n) is 4.91. The van der Waals surface area contributed by atoms with Crippen LogP contribution in [0.5, 0.6) is 0 Å². The Morgan fingerprint density at radius 2 is 2.21 bits per heavy atom. The first-order valence-electron chi connectivity index (χ1n) is 6.77. The van der Waals surface area contributed by atoms with Crippen LogP contribution in [0.25, 0.3) is 0 Å². The van der Waals surface area contributed by atoms with Crippen molar-refractivity contribution in [3.63, 3.8) is 0 Å². The van der Waals surface area contributed by atoms with E-state index in [0.29, 0.717) is 5.92 Å². The largest absolute Gasteiger partial charge is 0.370 e. The molecule has 3 rings (SSSR count). The van der Waals surface area contributed by atoms with Crippen molar-refractivity contribution in [2.75, 3.05) is 11.9 Å². The molecule has 1 N–H and O–H groups in total. The number of nitrogens with one attached hydrogen (secondary N) is 1. The van der Waals surface area contributed by atoms with E-state index in [4.69, 9.17) is 4.98 Å². The van der Waals surface area contributed by atoms with E-state index in [1.165, 1.54) is 12.8 Å². The topological polar surface area (TPSA) is 50.7 Å². The molecule has 0 saturated heterocycles. The third-order valence-corrected chi connectivity index (χ3v) is 4.13. The molecule has 1 aliphatic rings. The zero-order chi connectivity index (χ0) is 13.2. The molecule has 0 bridgehead atoms. The zero-order valence-electron chi connectivity index (χ0n) is 11.3. The van der Waals surface area contributed by atoms with Gasteiger partial charge in [0.1, 0.15) is 11.6 Å². The Morgan fingerprint density at radius 1 is 1.37 bits per heavy atom. The summed E-state index contributed by atoms with van der Waals surface area (Å²) in [5.41, 5.74) is 2.27. The molecular weight excluding hydrogens is 256 g/mol. The van der Waals surface area contributed by atoms with Crippen molar-refractivity contribution in [2.24, 2.45) is 0 Å². The number of thiazole rings is 1. The Balaban J connectivity index is 1.96. The third kappa shape index (κ3) is 2.76. The minimum Gasteiger partial charge on any atom is -0.370 e. The highest BCUT2D eigenvalue weighted by Gasteiger charge is 2.28. The number of anilines is 1. The minimum atomic E-state index is 0.577. The van der Waals surface area contributed by atoms with Crippen LogP contribution in [0.2, 0.25) is 0 Å². The molecule has 2 aromatic heterocycles. The van der Waals surface area contributed by atoms with E-state index in [9.17, 15) is 0 Å². The zero-order valence-corrected chi connectivity index (χ0v) is 12.1. The number of nitrogens with zero attached hydrogens (tertiary/aromatic N) is 3. The van der Waals surface area contributed by atoms with Gasteiger partial charge in [0.15, 0.2) is 0 Å². The maximum Gasteiger partial charge on any atom is 0.134 e. The summed E-state index contributed by atoms with van der Waals surface area (Å²) in [5.74, 6) is 2.58. The third-order valence-electron chi connectivity index (χ3n) is 3.35. The molecule has 19 heavy (non-hydrogen) atoms. The Hall–Kier alpha value is -1.49. The fourth-order valence-corrected chi connectivity index (χ4v) is 2.72. The lowest BCUT2D eigenvalue weighted by Crippen LogP contribution is -2.09. The molecule has 1 fully saturated rings. The molecule has 2 heterocycles. The van der Waals surface area contributed by atoms with Crippen molar-refractivity contribution in [1.82, 2.24) is 15.0 Å². The molecule has 100 valence electrons. The van der Waals surface area contributed by atoms with Gasteiger partial charge in [-0.3, -0.25) is 0 Å². The van der Waals surface area contributed by atoms with Gasteiger partial charge >= 0.3 is 0 Å². The van der Waals surface area contributed by atoms with Gasteiger partial charge < -0.3 is 5.32 Å². The normalized spacial score (nSPS) is 14.6.